The van der Waals surface area contributed by atoms with E-state index in [2.05, 4.69) is 27.9 Å². The molecule has 38 heavy (non-hydrogen) atoms. The average Bonchev–Trinajstić information content (AvgIpc) is 3.13. The largest absolute Gasteiger partial charge is 0.493 e. The zero-order valence-corrected chi connectivity index (χ0v) is 24.4. The number of aryl methyl sites for hydroxylation is 3. The van der Waals surface area contributed by atoms with Gasteiger partial charge in [-0.05, 0) is 95.6 Å². The molecule has 0 atom stereocenters. The van der Waals surface area contributed by atoms with Gasteiger partial charge in [0, 0.05) is 5.69 Å². The van der Waals surface area contributed by atoms with Crippen LogP contribution in [0.2, 0.25) is 0 Å². The Balaban J connectivity index is 1.48. The van der Waals surface area contributed by atoms with E-state index in [0.29, 0.717) is 29.4 Å². The summed E-state index contributed by atoms with van der Waals surface area (Å²) in [6.45, 7) is 5.83. The summed E-state index contributed by atoms with van der Waals surface area (Å²) in [6, 6.07) is 17.4. The number of nitrogens with zero attached hydrogens (tertiary/aromatic N) is 1. The lowest BCUT2D eigenvalue weighted by Gasteiger charge is -2.16. The Labute approximate surface area is 239 Å². The second-order valence-electron chi connectivity index (χ2n) is 8.90. The number of anilines is 1. The summed E-state index contributed by atoms with van der Waals surface area (Å²) in [5.74, 6) is 0.174. The molecule has 0 bridgehead atoms. The van der Waals surface area contributed by atoms with Gasteiger partial charge in [0.05, 0.1) is 15.6 Å². The molecule has 7 nitrogen and oxygen atoms in total. The van der Waals surface area contributed by atoms with Crippen molar-refractivity contribution in [3.8, 4) is 11.5 Å². The highest BCUT2D eigenvalue weighted by molar-refractivity contribution is 14.1. The molecule has 0 aliphatic carbocycles. The first-order valence-corrected chi connectivity index (χ1v) is 13.7. The molecule has 3 aromatic rings. The first kappa shape index (κ1) is 27.7. The summed E-state index contributed by atoms with van der Waals surface area (Å²) in [7, 11) is 1.55. The number of hydrogen-bond acceptors (Lipinski definition) is 6. The van der Waals surface area contributed by atoms with E-state index in [-0.39, 0.29) is 11.4 Å². The standard InChI is InChI=1S/C29H27IN2O5S/c1-17-10-18(2)26(19(3)11-17)31-25(33)15-32-28(34)24(38-29(32)35)14-21-12-22(30)27(23(13-21)36-4)37-16-20-8-6-5-7-9-20/h5-14H,15-16H2,1-4H3,(H,31,33)/b24-14+. The third-order valence-electron chi connectivity index (χ3n) is 5.89. The summed E-state index contributed by atoms with van der Waals surface area (Å²) < 4.78 is 12.4. The Morgan fingerprint density at radius 2 is 1.74 bits per heavy atom. The van der Waals surface area contributed by atoms with Crippen molar-refractivity contribution in [2.75, 3.05) is 19.0 Å². The van der Waals surface area contributed by atoms with Crippen molar-refractivity contribution in [2.24, 2.45) is 0 Å². The van der Waals surface area contributed by atoms with E-state index >= 15 is 0 Å². The Bertz CT molecular complexity index is 1420. The van der Waals surface area contributed by atoms with Crippen molar-refractivity contribution in [3.05, 3.63) is 90.9 Å². The van der Waals surface area contributed by atoms with Crippen LogP contribution in [0.3, 0.4) is 0 Å². The molecule has 0 aromatic heterocycles. The molecule has 0 radical (unpaired) electrons. The summed E-state index contributed by atoms with van der Waals surface area (Å²) in [4.78, 5) is 39.6. The number of methoxy groups -OCH3 is 1. The molecule has 0 spiro atoms. The summed E-state index contributed by atoms with van der Waals surface area (Å²) >= 11 is 2.96. The topological polar surface area (TPSA) is 84.9 Å². The van der Waals surface area contributed by atoms with Crippen LogP contribution >= 0.6 is 34.4 Å². The van der Waals surface area contributed by atoms with Crippen molar-refractivity contribution < 1.29 is 23.9 Å². The third kappa shape index (κ3) is 6.39. The zero-order valence-electron chi connectivity index (χ0n) is 21.5. The fourth-order valence-corrected chi connectivity index (χ4v) is 5.80. The van der Waals surface area contributed by atoms with E-state index in [1.807, 2.05) is 69.3 Å². The van der Waals surface area contributed by atoms with Gasteiger partial charge in [0.1, 0.15) is 13.2 Å². The molecule has 3 aromatic carbocycles. The number of hydrogen-bond donors (Lipinski definition) is 1. The van der Waals surface area contributed by atoms with E-state index in [1.165, 1.54) is 0 Å². The Morgan fingerprint density at radius 1 is 1.05 bits per heavy atom. The number of ether oxygens (including phenoxy) is 2. The molecule has 1 N–H and O–H groups in total. The molecule has 1 heterocycles. The van der Waals surface area contributed by atoms with Gasteiger partial charge in [-0.3, -0.25) is 19.3 Å². The minimum Gasteiger partial charge on any atom is -0.493 e. The van der Waals surface area contributed by atoms with Crippen LogP contribution in [0.15, 0.2) is 59.5 Å². The predicted octanol–water partition coefficient (Wildman–Crippen LogP) is 6.48. The van der Waals surface area contributed by atoms with E-state index < -0.39 is 17.1 Å². The minimum absolute atomic E-state index is 0.237. The Morgan fingerprint density at radius 3 is 2.39 bits per heavy atom. The van der Waals surface area contributed by atoms with Crippen molar-refractivity contribution in [1.82, 2.24) is 4.90 Å². The summed E-state index contributed by atoms with van der Waals surface area (Å²) in [6.07, 6.45) is 1.63. The van der Waals surface area contributed by atoms with Gasteiger partial charge in [-0.15, -0.1) is 0 Å². The molecule has 0 unspecified atom stereocenters. The lowest BCUT2D eigenvalue weighted by molar-refractivity contribution is -0.127. The van der Waals surface area contributed by atoms with Crippen LogP contribution in [0.4, 0.5) is 10.5 Å². The SMILES string of the molecule is COc1cc(/C=C2/SC(=O)N(CC(=O)Nc3c(C)cc(C)cc3C)C2=O)cc(I)c1OCc1ccccc1. The molecule has 196 valence electrons. The number of rotatable bonds is 8. The number of imide groups is 1. The lowest BCUT2D eigenvalue weighted by Crippen LogP contribution is -2.36. The van der Waals surface area contributed by atoms with Gasteiger partial charge in [-0.25, -0.2) is 0 Å². The molecule has 1 fully saturated rings. The smallest absolute Gasteiger partial charge is 0.294 e. The van der Waals surface area contributed by atoms with E-state index in [4.69, 9.17) is 9.47 Å². The van der Waals surface area contributed by atoms with Crippen LogP contribution in [0.25, 0.3) is 6.08 Å². The monoisotopic (exact) mass is 642 g/mol. The van der Waals surface area contributed by atoms with Gasteiger partial charge in [-0.1, -0.05) is 48.0 Å². The number of carbonyl (C=O) groups is 3. The molecule has 3 amide bonds. The van der Waals surface area contributed by atoms with Gasteiger partial charge in [0.2, 0.25) is 5.91 Å². The molecular formula is C29H27IN2O5S. The third-order valence-corrected chi connectivity index (χ3v) is 7.60. The molecule has 1 aliphatic heterocycles. The van der Waals surface area contributed by atoms with Crippen LogP contribution in [-0.4, -0.2) is 35.6 Å². The van der Waals surface area contributed by atoms with Crippen molar-refractivity contribution in [1.29, 1.82) is 0 Å². The second-order valence-corrected chi connectivity index (χ2v) is 11.1. The van der Waals surface area contributed by atoms with Crippen LogP contribution in [-0.2, 0) is 16.2 Å². The summed E-state index contributed by atoms with van der Waals surface area (Å²) in [5, 5.41) is 2.36. The van der Waals surface area contributed by atoms with Crippen molar-refractivity contribution in [3.63, 3.8) is 0 Å². The highest BCUT2D eigenvalue weighted by atomic mass is 127. The average molecular weight is 643 g/mol. The van der Waals surface area contributed by atoms with Crippen molar-refractivity contribution in [2.45, 2.75) is 27.4 Å². The second kappa shape index (κ2) is 12.0. The molecular weight excluding hydrogens is 615 g/mol. The fourth-order valence-electron chi connectivity index (χ4n) is 4.18. The number of amides is 3. The van der Waals surface area contributed by atoms with Crippen LogP contribution in [0.5, 0.6) is 11.5 Å². The van der Waals surface area contributed by atoms with Gasteiger partial charge >= 0.3 is 0 Å². The van der Waals surface area contributed by atoms with Gasteiger partial charge in [-0.2, -0.15) is 0 Å². The van der Waals surface area contributed by atoms with Gasteiger partial charge in [0.15, 0.2) is 11.5 Å². The zero-order chi connectivity index (χ0) is 27.4. The lowest BCUT2D eigenvalue weighted by atomic mass is 10.1. The quantitative estimate of drug-likeness (QED) is 0.224. The first-order valence-electron chi connectivity index (χ1n) is 11.8. The highest BCUT2D eigenvalue weighted by Gasteiger charge is 2.36. The maximum Gasteiger partial charge on any atom is 0.294 e. The molecule has 9 heteroatoms. The molecule has 0 saturated carbocycles. The van der Waals surface area contributed by atoms with E-state index in [9.17, 15) is 14.4 Å². The number of carbonyl (C=O) groups excluding carboxylic acids is 3. The van der Waals surface area contributed by atoms with Gasteiger partial charge in [0.25, 0.3) is 11.1 Å². The normalized spacial score (nSPS) is 14.2. The maximum atomic E-state index is 13.0. The summed E-state index contributed by atoms with van der Waals surface area (Å²) in [5.41, 5.74) is 5.34. The van der Waals surface area contributed by atoms with Crippen molar-refractivity contribution >= 4 is 63.2 Å². The first-order chi connectivity index (χ1) is 18.2. The van der Waals surface area contributed by atoms with Crippen LogP contribution in [0.1, 0.15) is 27.8 Å². The highest BCUT2D eigenvalue weighted by Crippen LogP contribution is 2.37. The van der Waals surface area contributed by atoms with Crippen LogP contribution < -0.4 is 14.8 Å². The van der Waals surface area contributed by atoms with E-state index in [1.54, 1.807) is 19.3 Å². The van der Waals surface area contributed by atoms with Crippen LogP contribution in [0, 0.1) is 24.3 Å². The molecule has 4 rings (SSSR count). The molecule has 1 aliphatic rings. The van der Waals surface area contributed by atoms with Gasteiger partial charge < -0.3 is 14.8 Å². The number of nitrogens with one attached hydrogen (secondary N) is 1. The Kier molecular flexibility index (Phi) is 8.78. The number of benzene rings is 3. The fraction of sp³-hybridized carbons (Fsp3) is 0.207. The maximum absolute atomic E-state index is 13.0. The minimum atomic E-state index is -0.508. The Hall–Kier alpha value is -3.31. The number of thioether (sulfide) groups is 1. The molecule has 1 saturated heterocycles. The predicted molar refractivity (Wildman–Crippen MR) is 158 cm³/mol. The number of halogens is 1. The van der Waals surface area contributed by atoms with E-state index in [0.717, 1.165) is 42.5 Å².